The number of alkyl halides is 3. The summed E-state index contributed by atoms with van der Waals surface area (Å²) in [7, 11) is 0. The van der Waals surface area contributed by atoms with Crippen LogP contribution in [0.5, 0.6) is 5.75 Å². The summed E-state index contributed by atoms with van der Waals surface area (Å²) in [6.07, 6.45) is -3.90. The van der Waals surface area contributed by atoms with Crippen LogP contribution in [0.15, 0.2) is 42.5 Å². The SMILES string of the molecule is CC(=O)COc1ccc(NCCc2ccc(C(F)(F)F)cc2)cc1C(=O)O. The first-order valence-corrected chi connectivity index (χ1v) is 8.06. The zero-order valence-corrected chi connectivity index (χ0v) is 14.5. The minimum atomic E-state index is -4.36. The molecule has 2 rings (SSSR count). The Morgan fingerprint density at radius 1 is 1.11 bits per heavy atom. The zero-order valence-electron chi connectivity index (χ0n) is 14.5. The van der Waals surface area contributed by atoms with Gasteiger partial charge in [0.1, 0.15) is 17.9 Å². The average molecular weight is 381 g/mol. The van der Waals surface area contributed by atoms with Crippen molar-refractivity contribution in [1.29, 1.82) is 0 Å². The molecule has 27 heavy (non-hydrogen) atoms. The van der Waals surface area contributed by atoms with E-state index in [0.29, 0.717) is 18.7 Å². The van der Waals surface area contributed by atoms with Gasteiger partial charge in [-0.3, -0.25) is 4.79 Å². The van der Waals surface area contributed by atoms with E-state index in [9.17, 15) is 27.9 Å². The van der Waals surface area contributed by atoms with Crippen molar-refractivity contribution in [3.63, 3.8) is 0 Å². The maximum atomic E-state index is 12.5. The molecule has 0 saturated heterocycles. The molecule has 0 radical (unpaired) electrons. The molecule has 0 saturated carbocycles. The van der Waals surface area contributed by atoms with Gasteiger partial charge in [-0.25, -0.2) is 4.79 Å². The zero-order chi connectivity index (χ0) is 20.0. The summed E-state index contributed by atoms with van der Waals surface area (Å²) in [6, 6.07) is 9.31. The van der Waals surface area contributed by atoms with Crippen molar-refractivity contribution in [2.24, 2.45) is 0 Å². The Hall–Kier alpha value is -3.03. The van der Waals surface area contributed by atoms with E-state index in [-0.39, 0.29) is 23.7 Å². The van der Waals surface area contributed by atoms with E-state index in [2.05, 4.69) is 5.32 Å². The Bertz CT molecular complexity index is 817. The molecule has 144 valence electrons. The molecule has 0 aliphatic rings. The van der Waals surface area contributed by atoms with Gasteiger partial charge < -0.3 is 15.2 Å². The van der Waals surface area contributed by atoms with Crippen LogP contribution in [0.25, 0.3) is 0 Å². The Balaban J connectivity index is 1.98. The highest BCUT2D eigenvalue weighted by molar-refractivity contribution is 5.92. The second-order valence-electron chi connectivity index (χ2n) is 5.88. The van der Waals surface area contributed by atoms with Gasteiger partial charge in [-0.15, -0.1) is 0 Å². The molecule has 0 amide bonds. The highest BCUT2D eigenvalue weighted by Gasteiger charge is 2.29. The Morgan fingerprint density at radius 2 is 1.78 bits per heavy atom. The lowest BCUT2D eigenvalue weighted by molar-refractivity contribution is -0.137. The topological polar surface area (TPSA) is 75.6 Å². The van der Waals surface area contributed by atoms with E-state index < -0.39 is 17.7 Å². The molecule has 2 aromatic rings. The fourth-order valence-electron chi connectivity index (χ4n) is 2.32. The minimum Gasteiger partial charge on any atom is -0.485 e. The number of ketones is 1. The predicted molar refractivity (Wildman–Crippen MR) is 93.2 cm³/mol. The molecule has 0 heterocycles. The van der Waals surface area contributed by atoms with Gasteiger partial charge in [-0.1, -0.05) is 12.1 Å². The van der Waals surface area contributed by atoms with Gasteiger partial charge in [0.25, 0.3) is 0 Å². The predicted octanol–water partition coefficient (Wildman–Crippen LogP) is 4.03. The number of carbonyl (C=O) groups is 2. The number of anilines is 1. The third-order valence-corrected chi connectivity index (χ3v) is 3.66. The molecule has 8 heteroatoms. The number of carbonyl (C=O) groups excluding carboxylic acids is 1. The van der Waals surface area contributed by atoms with E-state index in [0.717, 1.165) is 17.7 Å². The average Bonchev–Trinajstić information content (AvgIpc) is 2.60. The number of ether oxygens (including phenoxy) is 1. The molecule has 0 unspecified atom stereocenters. The molecule has 5 nitrogen and oxygen atoms in total. The van der Waals surface area contributed by atoms with Gasteiger partial charge in [-0.05, 0) is 49.2 Å². The lowest BCUT2D eigenvalue weighted by atomic mass is 10.1. The number of rotatable bonds is 8. The van der Waals surface area contributed by atoms with Gasteiger partial charge in [0.2, 0.25) is 0 Å². The Kier molecular flexibility index (Phi) is 6.44. The standard InChI is InChI=1S/C19H18F3NO4/c1-12(24)11-27-17-7-6-15(10-16(17)18(25)26)23-9-8-13-2-4-14(5-3-13)19(20,21)22/h2-7,10,23H,8-9,11H2,1H3,(H,25,26). The second-order valence-corrected chi connectivity index (χ2v) is 5.88. The summed E-state index contributed by atoms with van der Waals surface area (Å²) < 4.78 is 42.8. The van der Waals surface area contributed by atoms with E-state index >= 15 is 0 Å². The molecule has 0 aliphatic carbocycles. The molecule has 0 aromatic heterocycles. The molecule has 0 aliphatic heterocycles. The van der Waals surface area contributed by atoms with Crippen LogP contribution in [0.4, 0.5) is 18.9 Å². The van der Waals surface area contributed by atoms with Crippen LogP contribution in [0.2, 0.25) is 0 Å². The van der Waals surface area contributed by atoms with Gasteiger partial charge in [0.05, 0.1) is 5.56 Å². The van der Waals surface area contributed by atoms with Crippen LogP contribution < -0.4 is 10.1 Å². The first-order chi connectivity index (χ1) is 12.7. The molecular formula is C19H18F3NO4. The second kappa shape index (κ2) is 8.57. The van der Waals surface area contributed by atoms with Crippen LogP contribution >= 0.6 is 0 Å². The van der Waals surface area contributed by atoms with E-state index in [4.69, 9.17) is 4.74 Å². The molecule has 0 spiro atoms. The molecule has 2 N–H and O–H groups in total. The fraction of sp³-hybridized carbons (Fsp3) is 0.263. The van der Waals surface area contributed by atoms with Crippen molar-refractivity contribution >= 4 is 17.4 Å². The monoisotopic (exact) mass is 381 g/mol. The van der Waals surface area contributed by atoms with E-state index in [1.807, 2.05) is 0 Å². The maximum Gasteiger partial charge on any atom is 0.416 e. The smallest absolute Gasteiger partial charge is 0.416 e. The van der Waals surface area contributed by atoms with Crippen molar-refractivity contribution in [3.8, 4) is 5.75 Å². The highest BCUT2D eigenvalue weighted by Crippen LogP contribution is 2.29. The van der Waals surface area contributed by atoms with Crippen LogP contribution in [-0.2, 0) is 17.4 Å². The van der Waals surface area contributed by atoms with Gasteiger partial charge in [0.15, 0.2) is 5.78 Å². The summed E-state index contributed by atoms with van der Waals surface area (Å²) in [5.41, 5.74) is 0.451. The number of benzene rings is 2. The summed E-state index contributed by atoms with van der Waals surface area (Å²) in [4.78, 5) is 22.3. The number of aromatic carboxylic acids is 1. The van der Waals surface area contributed by atoms with Gasteiger partial charge >= 0.3 is 12.1 Å². The summed E-state index contributed by atoms with van der Waals surface area (Å²) in [6.45, 7) is 1.51. The number of carboxylic acid groups (broad SMARTS) is 1. The summed E-state index contributed by atoms with van der Waals surface area (Å²) >= 11 is 0. The summed E-state index contributed by atoms with van der Waals surface area (Å²) in [5.74, 6) is -1.34. The summed E-state index contributed by atoms with van der Waals surface area (Å²) in [5, 5.41) is 12.3. The van der Waals surface area contributed by atoms with Crippen LogP contribution in [0, 0.1) is 0 Å². The Labute approximate surface area is 153 Å². The molecule has 0 fully saturated rings. The van der Waals surface area contributed by atoms with Crippen molar-refractivity contribution in [1.82, 2.24) is 0 Å². The molecule has 0 atom stereocenters. The highest BCUT2D eigenvalue weighted by atomic mass is 19.4. The number of halogens is 3. The van der Waals surface area contributed by atoms with Crippen LogP contribution in [0.3, 0.4) is 0 Å². The van der Waals surface area contributed by atoms with Gasteiger partial charge in [0, 0.05) is 12.2 Å². The fourth-order valence-corrected chi connectivity index (χ4v) is 2.32. The first-order valence-electron chi connectivity index (χ1n) is 8.06. The normalized spacial score (nSPS) is 11.1. The number of Topliss-reactive ketones (excluding diaryl/α,β-unsaturated/α-hetero) is 1. The van der Waals surface area contributed by atoms with Gasteiger partial charge in [-0.2, -0.15) is 13.2 Å². The lowest BCUT2D eigenvalue weighted by Gasteiger charge is -2.12. The Morgan fingerprint density at radius 3 is 2.33 bits per heavy atom. The first kappa shape index (κ1) is 20.3. The van der Waals surface area contributed by atoms with E-state index in [1.54, 1.807) is 6.07 Å². The molecular weight excluding hydrogens is 363 g/mol. The number of carboxylic acids is 1. The number of nitrogens with one attached hydrogen (secondary N) is 1. The minimum absolute atomic E-state index is 0.0872. The molecule has 0 bridgehead atoms. The lowest BCUT2D eigenvalue weighted by Crippen LogP contribution is -2.11. The molecule has 2 aromatic carbocycles. The van der Waals surface area contributed by atoms with Crippen LogP contribution in [0.1, 0.15) is 28.4 Å². The largest absolute Gasteiger partial charge is 0.485 e. The number of hydrogen-bond acceptors (Lipinski definition) is 4. The van der Waals surface area contributed by atoms with E-state index in [1.165, 1.54) is 31.2 Å². The third-order valence-electron chi connectivity index (χ3n) is 3.66. The van der Waals surface area contributed by atoms with Crippen molar-refractivity contribution in [2.45, 2.75) is 19.5 Å². The third kappa shape index (κ3) is 6.02. The van der Waals surface area contributed by atoms with Crippen molar-refractivity contribution in [3.05, 3.63) is 59.2 Å². The van der Waals surface area contributed by atoms with Crippen LogP contribution in [-0.4, -0.2) is 30.0 Å². The maximum absolute atomic E-state index is 12.5. The quantitative estimate of drug-likeness (QED) is 0.722. The van der Waals surface area contributed by atoms with Crippen molar-refractivity contribution < 1.29 is 32.6 Å². The number of hydrogen-bond donors (Lipinski definition) is 2. The van der Waals surface area contributed by atoms with Crippen molar-refractivity contribution in [2.75, 3.05) is 18.5 Å².